The number of ether oxygens (including phenoxy) is 1. The highest BCUT2D eigenvalue weighted by Gasteiger charge is 2.14. The van der Waals surface area contributed by atoms with Gasteiger partial charge in [-0.15, -0.1) is 0 Å². The maximum absolute atomic E-state index is 12.7. The number of rotatable bonds is 41. The second-order valence-electron chi connectivity index (χ2n) is 15.5. The zero-order chi connectivity index (χ0) is 35.7. The summed E-state index contributed by atoms with van der Waals surface area (Å²) in [6, 6.07) is 0. The summed E-state index contributed by atoms with van der Waals surface area (Å²) in [5, 5.41) is 0. The van der Waals surface area contributed by atoms with Gasteiger partial charge in [0.15, 0.2) is 0 Å². The lowest BCUT2D eigenvalue weighted by Gasteiger charge is -2.21. The summed E-state index contributed by atoms with van der Waals surface area (Å²) in [7, 11) is 0. The topological polar surface area (TPSA) is 29.5 Å². The van der Waals surface area contributed by atoms with Gasteiger partial charge in [-0.2, -0.15) is 0 Å². The average molecular weight is 690 g/mol. The first-order valence-corrected chi connectivity index (χ1v) is 22.7. The van der Waals surface area contributed by atoms with Crippen LogP contribution in [0.2, 0.25) is 0 Å². The Morgan fingerprint density at radius 1 is 0.429 bits per heavy atom. The molecule has 0 aliphatic rings. The van der Waals surface area contributed by atoms with Crippen molar-refractivity contribution < 1.29 is 9.53 Å². The van der Waals surface area contributed by atoms with Crippen LogP contribution in [-0.2, 0) is 9.53 Å². The molecule has 0 radical (unpaired) electrons. The van der Waals surface area contributed by atoms with Gasteiger partial charge in [0.1, 0.15) is 6.10 Å². The molecule has 0 aromatic heterocycles. The Bertz CT molecular complexity index is 645. The van der Waals surface area contributed by atoms with E-state index in [-0.39, 0.29) is 12.1 Å². The summed E-state index contributed by atoms with van der Waals surface area (Å²) in [4.78, 5) is 15.4. The number of carbonyl (C=O) groups is 1. The van der Waals surface area contributed by atoms with Gasteiger partial charge in [-0.05, 0) is 96.7 Å². The van der Waals surface area contributed by atoms with E-state index in [2.05, 4.69) is 44.7 Å². The van der Waals surface area contributed by atoms with E-state index in [0.29, 0.717) is 6.42 Å². The van der Waals surface area contributed by atoms with Gasteiger partial charge in [-0.1, -0.05) is 181 Å². The number of hydrogen-bond donors (Lipinski definition) is 0. The Morgan fingerprint density at radius 3 is 1.22 bits per heavy atom. The molecule has 0 rings (SSSR count). The summed E-state index contributed by atoms with van der Waals surface area (Å²) >= 11 is 0. The Kier molecular flexibility index (Phi) is 40.9. The van der Waals surface area contributed by atoms with Gasteiger partial charge in [0.25, 0.3) is 0 Å². The highest BCUT2D eigenvalue weighted by Crippen LogP contribution is 2.18. The summed E-state index contributed by atoms with van der Waals surface area (Å²) in [5.41, 5.74) is 0. The van der Waals surface area contributed by atoms with Crippen molar-refractivity contribution in [2.45, 2.75) is 259 Å². The third kappa shape index (κ3) is 38.2. The standard InChI is InChI=1S/C46H91NO2/c1-5-9-12-15-18-19-20-21-22-23-24-25-26-27-32-37-43-47(42-8-4)44-38-33-28-31-36-41-46(48)49-45(39-34-29-16-13-10-6-2)40-35-30-17-14-11-7-3/h21-22,45H,5-20,23-44H2,1-4H3/b22-21-. The second-order valence-corrected chi connectivity index (χ2v) is 15.5. The molecule has 0 fully saturated rings. The van der Waals surface area contributed by atoms with Crippen LogP contribution in [0.15, 0.2) is 12.2 Å². The lowest BCUT2D eigenvalue weighted by atomic mass is 10.0. The molecule has 0 aromatic rings. The second kappa shape index (κ2) is 41.6. The first kappa shape index (κ1) is 48.2. The molecule has 0 heterocycles. The summed E-state index contributed by atoms with van der Waals surface area (Å²) in [6.07, 6.45) is 50.0. The molecular weight excluding hydrogens is 599 g/mol. The van der Waals surface area contributed by atoms with Crippen molar-refractivity contribution in [3.63, 3.8) is 0 Å². The minimum Gasteiger partial charge on any atom is -0.462 e. The molecule has 0 saturated carbocycles. The Hall–Kier alpha value is -0.830. The first-order chi connectivity index (χ1) is 24.2. The quantitative estimate of drug-likeness (QED) is 0.0363. The van der Waals surface area contributed by atoms with Crippen LogP contribution in [0.3, 0.4) is 0 Å². The van der Waals surface area contributed by atoms with Gasteiger partial charge in [0.05, 0.1) is 0 Å². The fourth-order valence-electron chi connectivity index (χ4n) is 7.18. The van der Waals surface area contributed by atoms with Gasteiger partial charge in [0.2, 0.25) is 0 Å². The number of unbranched alkanes of at least 4 members (excludes halogenated alkanes) is 26. The van der Waals surface area contributed by atoms with E-state index in [9.17, 15) is 4.79 Å². The van der Waals surface area contributed by atoms with Crippen LogP contribution < -0.4 is 0 Å². The van der Waals surface area contributed by atoms with Crippen LogP contribution >= 0.6 is 0 Å². The smallest absolute Gasteiger partial charge is 0.306 e. The van der Waals surface area contributed by atoms with E-state index in [1.807, 2.05) is 0 Å². The van der Waals surface area contributed by atoms with E-state index in [4.69, 9.17) is 4.74 Å². The maximum Gasteiger partial charge on any atom is 0.306 e. The lowest BCUT2D eigenvalue weighted by Crippen LogP contribution is -2.27. The monoisotopic (exact) mass is 690 g/mol. The normalized spacial score (nSPS) is 11.9. The van der Waals surface area contributed by atoms with Crippen LogP contribution in [0.5, 0.6) is 0 Å². The molecule has 0 aromatic carbocycles. The lowest BCUT2D eigenvalue weighted by molar-refractivity contribution is -0.150. The Balaban J connectivity index is 3.91. The minimum absolute atomic E-state index is 0.0618. The molecule has 0 bridgehead atoms. The zero-order valence-corrected chi connectivity index (χ0v) is 34.4. The van der Waals surface area contributed by atoms with E-state index in [0.717, 1.165) is 25.7 Å². The molecule has 3 heteroatoms. The van der Waals surface area contributed by atoms with Crippen LogP contribution in [0.25, 0.3) is 0 Å². The Labute approximate surface area is 310 Å². The minimum atomic E-state index is 0.0618. The number of nitrogens with zero attached hydrogens (tertiary/aromatic N) is 1. The molecule has 49 heavy (non-hydrogen) atoms. The molecular formula is C46H91NO2. The predicted octanol–water partition coefficient (Wildman–Crippen LogP) is 15.5. The number of hydrogen-bond acceptors (Lipinski definition) is 3. The van der Waals surface area contributed by atoms with Crippen molar-refractivity contribution in [3.8, 4) is 0 Å². The van der Waals surface area contributed by atoms with E-state index < -0.39 is 0 Å². The third-order valence-electron chi connectivity index (χ3n) is 10.4. The molecule has 0 atom stereocenters. The highest BCUT2D eigenvalue weighted by atomic mass is 16.5. The van der Waals surface area contributed by atoms with Gasteiger partial charge in [-0.25, -0.2) is 0 Å². The largest absolute Gasteiger partial charge is 0.462 e. The van der Waals surface area contributed by atoms with Crippen molar-refractivity contribution in [2.24, 2.45) is 0 Å². The van der Waals surface area contributed by atoms with Crippen molar-refractivity contribution >= 4 is 5.97 Å². The SMILES string of the molecule is CCCCCCCC/C=C\CCCCCCCCN(CCC)CCCCCCCC(=O)OC(CCCCCCCC)CCCCCCCC. The number of allylic oxidation sites excluding steroid dienone is 2. The van der Waals surface area contributed by atoms with E-state index in [1.54, 1.807) is 0 Å². The zero-order valence-electron chi connectivity index (χ0n) is 34.4. The predicted molar refractivity (Wildman–Crippen MR) is 220 cm³/mol. The van der Waals surface area contributed by atoms with Gasteiger partial charge < -0.3 is 9.64 Å². The van der Waals surface area contributed by atoms with Gasteiger partial charge >= 0.3 is 5.97 Å². The van der Waals surface area contributed by atoms with Crippen LogP contribution in [0, 0.1) is 0 Å². The summed E-state index contributed by atoms with van der Waals surface area (Å²) in [6.45, 7) is 12.9. The van der Waals surface area contributed by atoms with Crippen molar-refractivity contribution in [3.05, 3.63) is 12.2 Å². The van der Waals surface area contributed by atoms with Gasteiger partial charge in [0, 0.05) is 6.42 Å². The average Bonchev–Trinajstić information content (AvgIpc) is 3.10. The highest BCUT2D eigenvalue weighted by molar-refractivity contribution is 5.69. The molecule has 0 saturated heterocycles. The maximum atomic E-state index is 12.7. The molecule has 0 unspecified atom stereocenters. The van der Waals surface area contributed by atoms with Crippen LogP contribution in [0.4, 0.5) is 0 Å². The molecule has 0 spiro atoms. The Morgan fingerprint density at radius 2 is 0.796 bits per heavy atom. The van der Waals surface area contributed by atoms with Crippen molar-refractivity contribution in [1.29, 1.82) is 0 Å². The molecule has 0 aliphatic carbocycles. The van der Waals surface area contributed by atoms with Crippen molar-refractivity contribution in [1.82, 2.24) is 4.90 Å². The van der Waals surface area contributed by atoms with Crippen molar-refractivity contribution in [2.75, 3.05) is 19.6 Å². The molecule has 0 N–H and O–H groups in total. The number of carbonyl (C=O) groups excluding carboxylic acids is 1. The third-order valence-corrected chi connectivity index (χ3v) is 10.4. The van der Waals surface area contributed by atoms with E-state index >= 15 is 0 Å². The van der Waals surface area contributed by atoms with Crippen LogP contribution in [0.1, 0.15) is 252 Å². The first-order valence-electron chi connectivity index (χ1n) is 22.7. The fraction of sp³-hybridized carbons (Fsp3) is 0.935. The molecule has 0 aliphatic heterocycles. The summed E-state index contributed by atoms with van der Waals surface area (Å²) < 4.78 is 6.05. The molecule has 0 amide bonds. The van der Waals surface area contributed by atoms with Gasteiger partial charge in [-0.3, -0.25) is 4.79 Å². The number of esters is 1. The summed E-state index contributed by atoms with van der Waals surface area (Å²) in [5.74, 6) is 0.0618. The molecule has 3 nitrogen and oxygen atoms in total. The van der Waals surface area contributed by atoms with Crippen LogP contribution in [-0.4, -0.2) is 36.6 Å². The fourth-order valence-corrected chi connectivity index (χ4v) is 7.18. The van der Waals surface area contributed by atoms with E-state index in [1.165, 1.54) is 212 Å². The molecule has 292 valence electrons.